The van der Waals surface area contributed by atoms with Crippen molar-refractivity contribution in [1.29, 1.82) is 0 Å². The van der Waals surface area contributed by atoms with E-state index >= 15 is 0 Å². The van der Waals surface area contributed by atoms with Crippen molar-refractivity contribution in [2.24, 2.45) is 11.3 Å². The average molecular weight is 469 g/mol. The maximum Gasteiger partial charge on any atom is 0.407 e. The predicted octanol–water partition coefficient (Wildman–Crippen LogP) is 4.78. The van der Waals surface area contributed by atoms with Crippen LogP contribution in [0.25, 0.3) is 0 Å². The molecule has 2 N–H and O–H groups in total. The zero-order valence-corrected chi connectivity index (χ0v) is 20.0. The van der Waals surface area contributed by atoms with Gasteiger partial charge in [0.05, 0.1) is 11.4 Å². The zero-order chi connectivity index (χ0) is 24.5. The van der Waals surface area contributed by atoms with Gasteiger partial charge in [-0.3, -0.25) is 4.90 Å². The number of carbonyl (C=O) groups excluding carboxylic acids is 1. The van der Waals surface area contributed by atoms with E-state index in [0.717, 1.165) is 17.8 Å². The van der Waals surface area contributed by atoms with E-state index in [2.05, 4.69) is 10.2 Å². The van der Waals surface area contributed by atoms with Crippen LogP contribution in [0.3, 0.4) is 0 Å². The van der Waals surface area contributed by atoms with Gasteiger partial charge in [0, 0.05) is 44.3 Å². The Morgan fingerprint density at radius 3 is 2.38 bits per heavy atom. The van der Waals surface area contributed by atoms with Gasteiger partial charge in [-0.2, -0.15) is 0 Å². The van der Waals surface area contributed by atoms with E-state index in [0.29, 0.717) is 38.3 Å². The SMILES string of the molecule is CC(C)(C)C1C(CNC(=O)N2CCN(Cc3ccccc3F)c3ccccc32)CCN1C(=O)O. The lowest BCUT2D eigenvalue weighted by Crippen LogP contribution is -2.51. The minimum absolute atomic E-state index is 0.0534. The monoisotopic (exact) mass is 468 g/mol. The third kappa shape index (κ3) is 4.81. The molecule has 0 spiro atoms. The summed E-state index contributed by atoms with van der Waals surface area (Å²) in [5.74, 6) is -0.182. The van der Waals surface area contributed by atoms with Gasteiger partial charge in [0.25, 0.3) is 0 Å². The number of para-hydroxylation sites is 2. The number of fused-ring (bicyclic) bond motifs is 1. The Morgan fingerprint density at radius 2 is 1.71 bits per heavy atom. The third-order valence-corrected chi connectivity index (χ3v) is 6.84. The fraction of sp³-hybridized carbons (Fsp3) is 0.462. The summed E-state index contributed by atoms with van der Waals surface area (Å²) in [6, 6.07) is 14.1. The fourth-order valence-electron chi connectivity index (χ4n) is 5.40. The number of rotatable bonds is 4. The van der Waals surface area contributed by atoms with Gasteiger partial charge in [-0.15, -0.1) is 0 Å². The lowest BCUT2D eigenvalue weighted by molar-refractivity contribution is 0.0913. The predicted molar refractivity (Wildman–Crippen MR) is 131 cm³/mol. The highest BCUT2D eigenvalue weighted by molar-refractivity contribution is 5.96. The Morgan fingerprint density at radius 1 is 1.03 bits per heavy atom. The molecule has 2 heterocycles. The molecule has 2 atom stereocenters. The molecular formula is C26H33FN4O3. The number of halogens is 1. The van der Waals surface area contributed by atoms with Crippen molar-refractivity contribution >= 4 is 23.5 Å². The number of benzene rings is 2. The van der Waals surface area contributed by atoms with E-state index in [1.807, 2.05) is 51.1 Å². The Bertz CT molecular complexity index is 1050. The molecule has 3 amide bonds. The number of nitrogens with zero attached hydrogens (tertiary/aromatic N) is 3. The van der Waals surface area contributed by atoms with Gasteiger partial charge in [0.2, 0.25) is 0 Å². The Labute approximate surface area is 200 Å². The molecule has 2 aliphatic rings. The molecule has 2 aromatic carbocycles. The van der Waals surface area contributed by atoms with Gasteiger partial charge in [-0.05, 0) is 36.0 Å². The van der Waals surface area contributed by atoms with Crippen molar-refractivity contribution in [3.63, 3.8) is 0 Å². The summed E-state index contributed by atoms with van der Waals surface area (Å²) < 4.78 is 14.2. The lowest BCUT2D eigenvalue weighted by atomic mass is 9.79. The average Bonchev–Trinajstić information content (AvgIpc) is 3.24. The van der Waals surface area contributed by atoms with Crippen LogP contribution >= 0.6 is 0 Å². The van der Waals surface area contributed by atoms with Crippen molar-refractivity contribution in [2.45, 2.75) is 39.8 Å². The van der Waals surface area contributed by atoms with Crippen LogP contribution in [0.1, 0.15) is 32.8 Å². The van der Waals surface area contributed by atoms with Gasteiger partial charge in [-0.1, -0.05) is 51.1 Å². The molecule has 7 nitrogen and oxygen atoms in total. The lowest BCUT2D eigenvalue weighted by Gasteiger charge is -2.39. The number of carboxylic acid groups (broad SMARTS) is 1. The summed E-state index contributed by atoms with van der Waals surface area (Å²) in [5.41, 5.74) is 2.06. The molecule has 4 rings (SSSR count). The van der Waals surface area contributed by atoms with E-state index in [-0.39, 0.29) is 29.2 Å². The second kappa shape index (κ2) is 9.52. The van der Waals surface area contributed by atoms with Gasteiger partial charge in [0.1, 0.15) is 5.82 Å². The van der Waals surface area contributed by atoms with E-state index in [4.69, 9.17) is 0 Å². The Hall–Kier alpha value is -3.29. The largest absolute Gasteiger partial charge is 0.465 e. The number of urea groups is 1. The van der Waals surface area contributed by atoms with Gasteiger partial charge < -0.3 is 20.2 Å². The first-order chi connectivity index (χ1) is 16.2. The van der Waals surface area contributed by atoms with Crippen molar-refractivity contribution in [3.8, 4) is 0 Å². The first-order valence-corrected chi connectivity index (χ1v) is 11.8. The van der Waals surface area contributed by atoms with Crippen LogP contribution in [0.5, 0.6) is 0 Å². The van der Waals surface area contributed by atoms with Gasteiger partial charge in [0.15, 0.2) is 0 Å². The van der Waals surface area contributed by atoms with Crippen LogP contribution in [0.15, 0.2) is 48.5 Å². The smallest absolute Gasteiger partial charge is 0.407 e. The summed E-state index contributed by atoms with van der Waals surface area (Å²) >= 11 is 0. The maximum absolute atomic E-state index is 14.2. The summed E-state index contributed by atoms with van der Waals surface area (Å²) in [6.07, 6.45) is -0.185. The standard InChI is InChI=1S/C26H33FN4O3/c1-26(2,3)23-18(12-13-31(23)25(33)34)16-28-24(32)30-15-14-29(21-10-6-7-11-22(21)30)17-19-8-4-5-9-20(19)27/h4-11,18,23H,12-17H2,1-3H3,(H,28,32)(H,33,34). The number of likely N-dealkylation sites (tertiary alicyclic amines) is 1. The number of nitrogens with one attached hydrogen (secondary N) is 1. The molecule has 0 bridgehead atoms. The number of amides is 3. The second-order valence-electron chi connectivity index (χ2n) is 10.2. The molecule has 0 aliphatic carbocycles. The first-order valence-electron chi connectivity index (χ1n) is 11.8. The van der Waals surface area contributed by atoms with Crippen molar-refractivity contribution in [1.82, 2.24) is 10.2 Å². The van der Waals surface area contributed by atoms with Crippen LogP contribution in [-0.2, 0) is 6.54 Å². The summed E-state index contributed by atoms with van der Waals surface area (Å²) in [5, 5.41) is 12.7. The summed E-state index contributed by atoms with van der Waals surface area (Å²) in [6.45, 7) is 8.51. The molecule has 2 aliphatic heterocycles. The Balaban J connectivity index is 1.46. The van der Waals surface area contributed by atoms with Crippen molar-refractivity contribution in [2.75, 3.05) is 36.0 Å². The highest BCUT2D eigenvalue weighted by Crippen LogP contribution is 2.37. The highest BCUT2D eigenvalue weighted by Gasteiger charge is 2.44. The normalized spacial score (nSPS) is 20.3. The van der Waals surface area contributed by atoms with Crippen molar-refractivity contribution in [3.05, 3.63) is 59.9 Å². The highest BCUT2D eigenvalue weighted by atomic mass is 19.1. The fourth-order valence-corrected chi connectivity index (χ4v) is 5.40. The number of hydrogen-bond donors (Lipinski definition) is 2. The van der Waals surface area contributed by atoms with Crippen LogP contribution in [0, 0.1) is 17.2 Å². The van der Waals surface area contributed by atoms with E-state index in [9.17, 15) is 19.1 Å². The molecule has 1 fully saturated rings. The number of carbonyl (C=O) groups is 2. The molecule has 182 valence electrons. The molecule has 0 aromatic heterocycles. The first kappa shape index (κ1) is 23.9. The van der Waals surface area contributed by atoms with Crippen molar-refractivity contribution < 1.29 is 19.1 Å². The molecular weight excluding hydrogens is 435 g/mol. The van der Waals surface area contributed by atoms with Crippen LogP contribution in [0.2, 0.25) is 0 Å². The van der Waals surface area contributed by atoms with E-state index in [1.165, 1.54) is 11.0 Å². The summed E-state index contributed by atoms with van der Waals surface area (Å²) in [7, 11) is 0. The minimum atomic E-state index is -0.909. The number of anilines is 2. The summed E-state index contributed by atoms with van der Waals surface area (Å²) in [4.78, 5) is 30.3. The molecule has 1 saturated heterocycles. The third-order valence-electron chi connectivity index (χ3n) is 6.84. The van der Waals surface area contributed by atoms with Crippen LogP contribution in [0.4, 0.5) is 25.4 Å². The van der Waals surface area contributed by atoms with Crippen LogP contribution < -0.4 is 15.1 Å². The molecule has 2 aromatic rings. The number of hydrogen-bond acceptors (Lipinski definition) is 3. The molecule has 34 heavy (non-hydrogen) atoms. The molecule has 0 saturated carbocycles. The van der Waals surface area contributed by atoms with Gasteiger partial charge in [-0.25, -0.2) is 14.0 Å². The Kier molecular flexibility index (Phi) is 6.68. The quantitative estimate of drug-likeness (QED) is 0.677. The minimum Gasteiger partial charge on any atom is -0.465 e. The van der Waals surface area contributed by atoms with Gasteiger partial charge >= 0.3 is 12.1 Å². The van der Waals surface area contributed by atoms with Crippen LogP contribution in [-0.4, -0.2) is 54.4 Å². The molecule has 0 radical (unpaired) electrons. The zero-order valence-electron chi connectivity index (χ0n) is 20.0. The van der Waals surface area contributed by atoms with E-state index in [1.54, 1.807) is 17.0 Å². The molecule has 2 unspecified atom stereocenters. The second-order valence-corrected chi connectivity index (χ2v) is 10.2. The maximum atomic E-state index is 14.2. The topological polar surface area (TPSA) is 76.1 Å². The van der Waals surface area contributed by atoms with E-state index < -0.39 is 6.09 Å². The molecule has 8 heteroatoms.